The first-order valence-electron chi connectivity index (χ1n) is 6.43. The fraction of sp³-hybridized carbons (Fsp3) is 0.429. The molecule has 1 aromatic carbocycles. The Kier molecular flexibility index (Phi) is 4.04. The lowest BCUT2D eigenvalue weighted by Gasteiger charge is -2.13. The van der Waals surface area contributed by atoms with Gasteiger partial charge < -0.3 is 4.74 Å². The molecule has 0 radical (unpaired) electrons. The zero-order chi connectivity index (χ0) is 14.0. The van der Waals surface area contributed by atoms with Crippen LogP contribution in [-0.2, 0) is 0 Å². The normalized spacial score (nSPS) is 11.3. The fourth-order valence-electron chi connectivity index (χ4n) is 1.97. The molecule has 0 aliphatic carbocycles. The average molecular weight is 277 g/mol. The highest BCUT2D eigenvalue weighted by molar-refractivity contribution is 7.71. The van der Waals surface area contributed by atoms with Gasteiger partial charge in [0.2, 0.25) is 0 Å². The summed E-state index contributed by atoms with van der Waals surface area (Å²) in [6.07, 6.45) is 0.154. The molecule has 0 aliphatic heterocycles. The summed E-state index contributed by atoms with van der Waals surface area (Å²) in [5.41, 5.74) is 0.999. The second-order valence-corrected chi connectivity index (χ2v) is 5.40. The van der Waals surface area contributed by atoms with Gasteiger partial charge in [-0.3, -0.25) is 9.67 Å². The van der Waals surface area contributed by atoms with Crippen molar-refractivity contribution in [3.8, 4) is 17.1 Å². The van der Waals surface area contributed by atoms with E-state index in [1.54, 1.807) is 0 Å². The van der Waals surface area contributed by atoms with Crippen molar-refractivity contribution in [2.75, 3.05) is 0 Å². The number of hydrogen-bond donors (Lipinski definition) is 1. The molecule has 4 nitrogen and oxygen atoms in total. The van der Waals surface area contributed by atoms with Crippen molar-refractivity contribution in [1.82, 2.24) is 14.8 Å². The molecule has 2 rings (SSSR count). The molecule has 0 saturated heterocycles. The number of hydrogen-bond acceptors (Lipinski definition) is 3. The minimum absolute atomic E-state index is 0.154. The molecule has 2 aromatic rings. The van der Waals surface area contributed by atoms with Crippen LogP contribution in [0.2, 0.25) is 0 Å². The number of aromatic amines is 1. The van der Waals surface area contributed by atoms with Gasteiger partial charge in [0.05, 0.1) is 6.10 Å². The second kappa shape index (κ2) is 5.57. The Hall–Kier alpha value is -1.62. The van der Waals surface area contributed by atoms with Gasteiger partial charge in [0.15, 0.2) is 10.6 Å². The zero-order valence-electron chi connectivity index (χ0n) is 11.7. The van der Waals surface area contributed by atoms with Crippen molar-refractivity contribution in [3.63, 3.8) is 0 Å². The minimum Gasteiger partial charge on any atom is -0.491 e. The molecule has 1 aromatic heterocycles. The third-order valence-corrected chi connectivity index (χ3v) is 2.97. The largest absolute Gasteiger partial charge is 0.491 e. The maximum atomic E-state index is 5.71. The van der Waals surface area contributed by atoms with Crippen molar-refractivity contribution in [2.24, 2.45) is 0 Å². The van der Waals surface area contributed by atoms with Gasteiger partial charge in [-0.25, -0.2) is 0 Å². The Morgan fingerprint density at radius 2 is 2.00 bits per heavy atom. The Morgan fingerprint density at radius 3 is 2.63 bits per heavy atom. The molecular weight excluding hydrogens is 258 g/mol. The van der Waals surface area contributed by atoms with Crippen LogP contribution in [0.4, 0.5) is 0 Å². The van der Waals surface area contributed by atoms with Gasteiger partial charge in [0.1, 0.15) is 5.75 Å². The monoisotopic (exact) mass is 277 g/mol. The summed E-state index contributed by atoms with van der Waals surface area (Å²) in [6.45, 7) is 8.19. The molecule has 102 valence electrons. The predicted molar refractivity (Wildman–Crippen MR) is 79.0 cm³/mol. The van der Waals surface area contributed by atoms with Gasteiger partial charge in [-0.15, -0.1) is 0 Å². The summed E-state index contributed by atoms with van der Waals surface area (Å²) in [6, 6.07) is 8.18. The van der Waals surface area contributed by atoms with E-state index in [0.717, 1.165) is 17.1 Å². The third kappa shape index (κ3) is 3.04. The van der Waals surface area contributed by atoms with Crippen molar-refractivity contribution < 1.29 is 4.74 Å². The number of aromatic nitrogens is 3. The van der Waals surface area contributed by atoms with Gasteiger partial charge in [0.25, 0.3) is 0 Å². The SMILES string of the molecule is CC(C)Oc1cccc(-c2n[nH]c(=S)n2C(C)C)c1. The number of benzene rings is 1. The standard InChI is InChI=1S/C14H19N3OS/c1-9(2)17-13(15-16-14(17)19)11-6-5-7-12(8-11)18-10(3)4/h5-10H,1-4H3,(H,16,19). The molecule has 0 atom stereocenters. The second-order valence-electron chi connectivity index (χ2n) is 5.01. The first kappa shape index (κ1) is 13.8. The van der Waals surface area contributed by atoms with E-state index < -0.39 is 0 Å². The Bertz CT molecular complexity index is 613. The van der Waals surface area contributed by atoms with Crippen LogP contribution in [0.1, 0.15) is 33.7 Å². The first-order valence-corrected chi connectivity index (χ1v) is 6.84. The Balaban J connectivity index is 2.45. The summed E-state index contributed by atoms with van der Waals surface area (Å²) < 4.78 is 8.35. The number of H-pyrrole nitrogens is 1. The molecule has 19 heavy (non-hydrogen) atoms. The van der Waals surface area contributed by atoms with Crippen LogP contribution >= 0.6 is 12.2 Å². The van der Waals surface area contributed by atoms with Crippen LogP contribution < -0.4 is 4.74 Å². The molecule has 0 bridgehead atoms. The molecule has 0 unspecified atom stereocenters. The predicted octanol–water partition coefficient (Wildman–Crippen LogP) is 3.98. The molecular formula is C14H19N3OS. The van der Waals surface area contributed by atoms with Gasteiger partial charge in [0, 0.05) is 11.6 Å². The summed E-state index contributed by atoms with van der Waals surface area (Å²) in [7, 11) is 0. The highest BCUT2D eigenvalue weighted by atomic mass is 32.1. The van der Waals surface area contributed by atoms with E-state index in [1.165, 1.54) is 0 Å². The van der Waals surface area contributed by atoms with Crippen molar-refractivity contribution in [1.29, 1.82) is 0 Å². The summed E-state index contributed by atoms with van der Waals surface area (Å²) in [5.74, 6) is 1.69. The lowest BCUT2D eigenvalue weighted by atomic mass is 10.2. The number of rotatable bonds is 4. The van der Waals surface area contributed by atoms with E-state index in [4.69, 9.17) is 17.0 Å². The molecule has 0 saturated carbocycles. The number of ether oxygens (including phenoxy) is 1. The maximum absolute atomic E-state index is 5.71. The molecule has 0 aliphatic rings. The van der Waals surface area contributed by atoms with Crippen molar-refractivity contribution >= 4 is 12.2 Å². The topological polar surface area (TPSA) is 42.8 Å². The van der Waals surface area contributed by atoms with E-state index in [1.807, 2.05) is 42.7 Å². The van der Waals surface area contributed by atoms with Gasteiger partial charge in [-0.05, 0) is 52.0 Å². The summed E-state index contributed by atoms with van der Waals surface area (Å²) >= 11 is 5.27. The maximum Gasteiger partial charge on any atom is 0.195 e. The lowest BCUT2D eigenvalue weighted by molar-refractivity contribution is 0.242. The zero-order valence-corrected chi connectivity index (χ0v) is 12.5. The molecule has 5 heteroatoms. The fourth-order valence-corrected chi connectivity index (χ4v) is 2.31. The number of nitrogens with zero attached hydrogens (tertiary/aromatic N) is 2. The van der Waals surface area contributed by atoms with E-state index >= 15 is 0 Å². The molecule has 1 N–H and O–H groups in total. The Labute approximate surface area is 118 Å². The van der Waals surface area contributed by atoms with Crippen LogP contribution in [0.25, 0.3) is 11.4 Å². The highest BCUT2D eigenvalue weighted by Crippen LogP contribution is 2.25. The lowest BCUT2D eigenvalue weighted by Crippen LogP contribution is -2.06. The first-order chi connectivity index (χ1) is 8.99. The van der Waals surface area contributed by atoms with Crippen LogP contribution in [0.5, 0.6) is 5.75 Å². The quantitative estimate of drug-likeness (QED) is 0.860. The molecule has 0 spiro atoms. The van der Waals surface area contributed by atoms with Crippen LogP contribution in [0, 0.1) is 4.77 Å². The van der Waals surface area contributed by atoms with Crippen molar-refractivity contribution in [2.45, 2.75) is 39.8 Å². The van der Waals surface area contributed by atoms with Gasteiger partial charge >= 0.3 is 0 Å². The molecule has 0 amide bonds. The van der Waals surface area contributed by atoms with Crippen molar-refractivity contribution in [3.05, 3.63) is 29.0 Å². The minimum atomic E-state index is 0.154. The molecule has 0 fully saturated rings. The van der Waals surface area contributed by atoms with Gasteiger partial charge in [-0.2, -0.15) is 5.10 Å². The average Bonchev–Trinajstić information content (AvgIpc) is 2.70. The van der Waals surface area contributed by atoms with Gasteiger partial charge in [-0.1, -0.05) is 12.1 Å². The highest BCUT2D eigenvalue weighted by Gasteiger charge is 2.12. The summed E-state index contributed by atoms with van der Waals surface area (Å²) in [4.78, 5) is 0. The van der Waals surface area contributed by atoms with Crippen LogP contribution in [-0.4, -0.2) is 20.9 Å². The third-order valence-electron chi connectivity index (χ3n) is 2.68. The van der Waals surface area contributed by atoms with E-state index in [2.05, 4.69) is 24.0 Å². The van der Waals surface area contributed by atoms with Crippen LogP contribution in [0.3, 0.4) is 0 Å². The van der Waals surface area contributed by atoms with E-state index in [0.29, 0.717) is 4.77 Å². The molecule has 1 heterocycles. The van der Waals surface area contributed by atoms with E-state index in [9.17, 15) is 0 Å². The Morgan fingerprint density at radius 1 is 1.26 bits per heavy atom. The number of nitrogens with one attached hydrogen (secondary N) is 1. The van der Waals surface area contributed by atoms with E-state index in [-0.39, 0.29) is 12.1 Å². The summed E-state index contributed by atoms with van der Waals surface area (Å²) in [5, 5.41) is 7.17. The smallest absolute Gasteiger partial charge is 0.195 e. The van der Waals surface area contributed by atoms with Crippen LogP contribution in [0.15, 0.2) is 24.3 Å².